The van der Waals surface area contributed by atoms with E-state index in [1.165, 1.54) is 0 Å². The number of hydrazine groups is 1. The Morgan fingerprint density at radius 1 is 1.09 bits per heavy atom. The smallest absolute Gasteiger partial charge is 0.428 e. The van der Waals surface area contributed by atoms with Crippen molar-refractivity contribution in [2.24, 2.45) is 5.73 Å². The molecule has 1 aromatic rings. The summed E-state index contributed by atoms with van der Waals surface area (Å²) in [5, 5.41) is 3.19. The van der Waals surface area contributed by atoms with Crippen molar-refractivity contribution in [2.45, 2.75) is 49.0 Å². The zero-order chi connectivity index (χ0) is 25.2. The number of nitrogens with two attached hydrogens (primary N) is 1. The maximum atomic E-state index is 13.0. The van der Waals surface area contributed by atoms with E-state index in [4.69, 9.17) is 50.0 Å². The number of nitrogens with one attached hydrogen (secondary N) is 2. The van der Waals surface area contributed by atoms with Crippen molar-refractivity contribution in [3.8, 4) is 0 Å². The first-order chi connectivity index (χ1) is 15.2. The van der Waals surface area contributed by atoms with Gasteiger partial charge in [0.05, 0.1) is 6.54 Å². The van der Waals surface area contributed by atoms with Crippen molar-refractivity contribution in [1.82, 2.24) is 15.8 Å². The third-order valence-electron chi connectivity index (χ3n) is 3.70. The highest BCUT2D eigenvalue weighted by molar-refractivity contribution is 6.67. The molecule has 13 heteroatoms. The monoisotopic (exact) mass is 524 g/mol. The SMILES string of the molecule is CC(C)(C)OC(=O)N[C@@H](Cc1ccccc1)C(=O)NN(CCC(N)=O)C(=O)OCC(Cl)(Cl)Cl. The number of hydrogen-bond donors (Lipinski definition) is 3. The van der Waals surface area contributed by atoms with E-state index in [9.17, 15) is 19.2 Å². The van der Waals surface area contributed by atoms with Crippen LogP contribution in [0.5, 0.6) is 0 Å². The molecule has 1 aromatic carbocycles. The number of alkyl halides is 3. The van der Waals surface area contributed by atoms with Crippen molar-refractivity contribution in [2.75, 3.05) is 13.2 Å². The molecule has 0 radical (unpaired) electrons. The summed E-state index contributed by atoms with van der Waals surface area (Å²) in [4.78, 5) is 48.8. The van der Waals surface area contributed by atoms with E-state index < -0.39 is 46.0 Å². The predicted octanol–water partition coefficient (Wildman–Crippen LogP) is 2.84. The van der Waals surface area contributed by atoms with Gasteiger partial charge in [-0.1, -0.05) is 65.1 Å². The van der Waals surface area contributed by atoms with Crippen LogP contribution in [0.15, 0.2) is 30.3 Å². The molecule has 0 spiro atoms. The van der Waals surface area contributed by atoms with Gasteiger partial charge in [-0.05, 0) is 26.3 Å². The normalized spacial score (nSPS) is 12.3. The average molecular weight is 526 g/mol. The van der Waals surface area contributed by atoms with E-state index in [0.29, 0.717) is 5.01 Å². The number of carbonyl (C=O) groups excluding carboxylic acids is 4. The molecule has 1 rings (SSSR count). The maximum Gasteiger partial charge on any atom is 0.428 e. The Bertz CT molecular complexity index is 827. The van der Waals surface area contributed by atoms with E-state index in [1.807, 2.05) is 0 Å². The molecule has 0 aromatic heterocycles. The summed E-state index contributed by atoms with van der Waals surface area (Å²) >= 11 is 16.7. The highest BCUT2D eigenvalue weighted by Crippen LogP contribution is 2.26. The molecular weight excluding hydrogens is 499 g/mol. The minimum absolute atomic E-state index is 0.0821. The van der Waals surface area contributed by atoms with E-state index >= 15 is 0 Å². The van der Waals surface area contributed by atoms with E-state index in [0.717, 1.165) is 5.56 Å². The standard InChI is InChI=1S/C20H27Cl3N4O6/c1-19(2,3)33-17(30)25-14(11-13-7-5-4-6-8-13)16(29)26-27(10-9-15(24)28)18(31)32-12-20(21,22)23/h4-8,14H,9-12H2,1-3H3,(H2,24,28)(H,25,30)(H,26,29)/t14-/m0/s1. The van der Waals surface area contributed by atoms with Crippen molar-refractivity contribution in [1.29, 1.82) is 0 Å². The number of hydrogen-bond acceptors (Lipinski definition) is 6. The minimum Gasteiger partial charge on any atom is -0.444 e. The lowest BCUT2D eigenvalue weighted by molar-refractivity contribution is -0.128. The Kier molecular flexibility index (Phi) is 11.0. The molecule has 1 atom stereocenters. The number of halogens is 3. The molecule has 0 unspecified atom stereocenters. The van der Waals surface area contributed by atoms with Crippen LogP contribution in [0.1, 0.15) is 32.8 Å². The van der Waals surface area contributed by atoms with E-state index in [2.05, 4.69) is 10.7 Å². The average Bonchev–Trinajstić information content (AvgIpc) is 2.67. The number of ether oxygens (including phenoxy) is 2. The van der Waals surface area contributed by atoms with Gasteiger partial charge in [-0.15, -0.1) is 0 Å². The summed E-state index contributed by atoms with van der Waals surface area (Å²) in [6.45, 7) is 4.09. The van der Waals surface area contributed by atoms with Gasteiger partial charge in [0.25, 0.3) is 5.91 Å². The number of amides is 4. The molecular formula is C20H27Cl3N4O6. The Hall–Kier alpha value is -2.43. The van der Waals surface area contributed by atoms with Crippen LogP contribution < -0.4 is 16.5 Å². The van der Waals surface area contributed by atoms with Gasteiger partial charge in [0.15, 0.2) is 0 Å². The van der Waals surface area contributed by atoms with Gasteiger partial charge in [-0.25, -0.2) is 14.6 Å². The Morgan fingerprint density at radius 2 is 1.70 bits per heavy atom. The van der Waals surface area contributed by atoms with Crippen LogP contribution in [0.4, 0.5) is 9.59 Å². The second kappa shape index (κ2) is 12.7. The Labute approximate surface area is 206 Å². The summed E-state index contributed by atoms with van der Waals surface area (Å²) in [7, 11) is 0. The summed E-state index contributed by atoms with van der Waals surface area (Å²) in [5.41, 5.74) is 7.38. The van der Waals surface area contributed by atoms with Crippen molar-refractivity contribution < 1.29 is 28.7 Å². The molecule has 0 saturated heterocycles. The number of carbonyl (C=O) groups is 4. The zero-order valence-corrected chi connectivity index (χ0v) is 20.7. The van der Waals surface area contributed by atoms with Crippen LogP contribution in [0.3, 0.4) is 0 Å². The number of primary amides is 1. The van der Waals surface area contributed by atoms with Gasteiger partial charge in [0.2, 0.25) is 9.70 Å². The molecule has 0 saturated carbocycles. The van der Waals surface area contributed by atoms with Gasteiger partial charge < -0.3 is 20.5 Å². The topological polar surface area (TPSA) is 140 Å². The van der Waals surface area contributed by atoms with Crippen LogP contribution >= 0.6 is 34.8 Å². The van der Waals surface area contributed by atoms with Gasteiger partial charge in [0.1, 0.15) is 18.2 Å². The molecule has 10 nitrogen and oxygen atoms in total. The lowest BCUT2D eigenvalue weighted by Gasteiger charge is -2.27. The van der Waals surface area contributed by atoms with E-state index in [-0.39, 0.29) is 19.4 Å². The Balaban J connectivity index is 3.01. The van der Waals surface area contributed by atoms with Crippen molar-refractivity contribution in [3.63, 3.8) is 0 Å². The van der Waals surface area contributed by atoms with Gasteiger partial charge in [-0.3, -0.25) is 15.0 Å². The summed E-state index contributed by atoms with van der Waals surface area (Å²) in [5.74, 6) is -1.50. The molecule has 4 amide bonds. The third-order valence-corrected chi connectivity index (χ3v) is 4.02. The molecule has 0 aliphatic carbocycles. The Morgan fingerprint density at radius 3 is 2.21 bits per heavy atom. The minimum atomic E-state index is -1.89. The molecule has 33 heavy (non-hydrogen) atoms. The van der Waals surface area contributed by atoms with Crippen LogP contribution in [0.25, 0.3) is 0 Å². The molecule has 184 valence electrons. The quantitative estimate of drug-likeness (QED) is 0.352. The van der Waals surface area contributed by atoms with Crippen molar-refractivity contribution >= 4 is 58.8 Å². The fourth-order valence-corrected chi connectivity index (χ4v) is 2.52. The van der Waals surface area contributed by atoms with Gasteiger partial charge >= 0.3 is 12.2 Å². The number of benzene rings is 1. The number of nitrogens with zero attached hydrogens (tertiary/aromatic N) is 1. The molecule has 0 aliphatic rings. The van der Waals surface area contributed by atoms with Crippen LogP contribution in [-0.4, -0.2) is 57.6 Å². The summed E-state index contributed by atoms with van der Waals surface area (Å²) < 4.78 is 8.20. The molecule has 0 aliphatic heterocycles. The second-order valence-corrected chi connectivity index (χ2v) is 10.4. The van der Waals surface area contributed by atoms with E-state index in [1.54, 1.807) is 51.1 Å². The first-order valence-electron chi connectivity index (χ1n) is 9.79. The summed E-state index contributed by atoms with van der Waals surface area (Å²) in [6.07, 6.45) is -2.13. The number of alkyl carbamates (subject to hydrolysis) is 1. The first-order valence-corrected chi connectivity index (χ1v) is 10.9. The molecule has 0 fully saturated rings. The third kappa shape index (κ3) is 13.0. The van der Waals surface area contributed by atoms with Crippen molar-refractivity contribution in [3.05, 3.63) is 35.9 Å². The number of rotatable bonds is 8. The largest absolute Gasteiger partial charge is 0.444 e. The summed E-state index contributed by atoms with van der Waals surface area (Å²) in [6, 6.07) is 7.72. The second-order valence-electron chi connectivity index (χ2n) is 7.90. The first kappa shape index (κ1) is 28.6. The fourth-order valence-electron chi connectivity index (χ4n) is 2.36. The lowest BCUT2D eigenvalue weighted by Crippen LogP contribution is -2.56. The zero-order valence-electron chi connectivity index (χ0n) is 18.4. The van der Waals surface area contributed by atoms with Crippen LogP contribution in [-0.2, 0) is 25.5 Å². The van der Waals surface area contributed by atoms with Gasteiger partial charge in [0, 0.05) is 12.8 Å². The predicted molar refractivity (Wildman–Crippen MR) is 124 cm³/mol. The van der Waals surface area contributed by atoms with Crippen LogP contribution in [0.2, 0.25) is 0 Å². The lowest BCUT2D eigenvalue weighted by atomic mass is 10.1. The fraction of sp³-hybridized carbons (Fsp3) is 0.500. The molecule has 4 N–H and O–H groups in total. The highest BCUT2D eigenvalue weighted by Gasteiger charge is 2.29. The molecule has 0 heterocycles. The highest BCUT2D eigenvalue weighted by atomic mass is 35.6. The van der Waals surface area contributed by atoms with Crippen LogP contribution in [0, 0.1) is 0 Å². The molecule has 0 bridgehead atoms. The maximum absolute atomic E-state index is 13.0. The van der Waals surface area contributed by atoms with Gasteiger partial charge in [-0.2, -0.15) is 0 Å².